The van der Waals surface area contributed by atoms with E-state index in [1.165, 1.54) is 20.3 Å². The van der Waals surface area contributed by atoms with Crippen LogP contribution in [-0.4, -0.2) is 145 Å². The minimum absolute atomic E-state index is 0. The quantitative estimate of drug-likeness (QED) is 0.0953. The summed E-state index contributed by atoms with van der Waals surface area (Å²) in [6.07, 6.45) is 6.20. The van der Waals surface area contributed by atoms with Crippen molar-refractivity contribution in [3.05, 3.63) is 149 Å². The molecule has 26 heteroatoms. The molecule has 2 N–H and O–H groups in total. The van der Waals surface area contributed by atoms with Crippen LogP contribution in [0.15, 0.2) is 120 Å². The highest BCUT2D eigenvalue weighted by Gasteiger charge is 2.53. The van der Waals surface area contributed by atoms with Gasteiger partial charge >= 0.3 is 7.12 Å². The second-order valence-corrected chi connectivity index (χ2v) is 27.4. The fourth-order valence-corrected chi connectivity index (χ4v) is 13.7. The van der Waals surface area contributed by atoms with E-state index in [-0.39, 0.29) is 55.0 Å². The van der Waals surface area contributed by atoms with Crippen LogP contribution in [-0.2, 0) is 38.8 Å². The van der Waals surface area contributed by atoms with E-state index in [2.05, 4.69) is 86.7 Å². The molecule has 8 aromatic heterocycles. The van der Waals surface area contributed by atoms with Gasteiger partial charge in [0.05, 0.1) is 76.6 Å². The van der Waals surface area contributed by atoms with Crippen LogP contribution in [0.2, 0.25) is 5.15 Å². The maximum atomic E-state index is 13.5. The molecule has 2 aromatic carbocycles. The van der Waals surface area contributed by atoms with E-state index in [1.54, 1.807) is 85.2 Å². The van der Waals surface area contributed by atoms with Gasteiger partial charge in [-0.1, -0.05) is 61.8 Å². The average Bonchev–Trinajstić information content (AvgIpc) is 1.60. The number of hydrogen-bond donors (Lipinski definition) is 2. The minimum atomic E-state index is -3.85. The molecule has 22 nitrogen and oxygen atoms in total. The highest BCUT2D eigenvalue weighted by molar-refractivity contribution is 7.90. The van der Waals surface area contributed by atoms with E-state index in [0.29, 0.717) is 95.3 Å². The summed E-state index contributed by atoms with van der Waals surface area (Å²) in [6.45, 7) is 27.9. The summed E-state index contributed by atoms with van der Waals surface area (Å²) < 4.78 is 79.1. The summed E-state index contributed by atoms with van der Waals surface area (Å²) in [5.74, 6) is 2.38. The number of fused-ring (bicyclic) bond motifs is 2. The number of anilines is 2. The minimum Gasteiger partial charge on any atom is -0.399 e. The number of morpholine rings is 2. The lowest BCUT2D eigenvalue weighted by atomic mass is 9.77. The Morgan fingerprint density at radius 1 is 0.578 bits per heavy atom. The number of benzene rings is 2. The first-order valence-electron chi connectivity index (χ1n) is 28.9. The van der Waals surface area contributed by atoms with Crippen molar-refractivity contribution >= 4 is 77.9 Å². The van der Waals surface area contributed by atoms with Crippen LogP contribution in [0.4, 0.5) is 11.6 Å². The van der Waals surface area contributed by atoms with E-state index in [0.717, 1.165) is 56.4 Å². The maximum Gasteiger partial charge on any atom is 0.498 e. The zero-order valence-corrected chi connectivity index (χ0v) is 53.6. The fraction of sp³-hybridized carbons (Fsp3) is 0.375. The summed E-state index contributed by atoms with van der Waals surface area (Å²) >= 11 is 6.36. The number of nitrogens with zero attached hydrogens (tertiary/aromatic N) is 12. The summed E-state index contributed by atoms with van der Waals surface area (Å²) in [7, 11) is -7.98. The molecule has 3 saturated heterocycles. The van der Waals surface area contributed by atoms with Crippen molar-refractivity contribution in [3.63, 3.8) is 0 Å². The van der Waals surface area contributed by atoms with Crippen LogP contribution < -0.4 is 15.3 Å². The molecular weight excluding hydrogens is 1200 g/mol. The van der Waals surface area contributed by atoms with Gasteiger partial charge in [0.2, 0.25) is 0 Å². The first-order valence-corrected chi connectivity index (χ1v) is 32.2. The van der Waals surface area contributed by atoms with Crippen molar-refractivity contribution in [3.8, 4) is 34.0 Å². The molecule has 0 radical (unpaired) electrons. The molecule has 11 heterocycles. The molecule has 0 aliphatic carbocycles. The maximum absolute atomic E-state index is 13.5. The lowest BCUT2D eigenvalue weighted by Crippen LogP contribution is -2.44. The fourth-order valence-electron chi connectivity index (χ4n) is 10.9. The molecule has 13 rings (SSSR count). The molecule has 3 fully saturated rings. The lowest BCUT2D eigenvalue weighted by molar-refractivity contribution is 0.00578. The standard InChI is InChI=1S/C28H29N7O3S.C23H22ClN5O3S.C11H19BN2O2.2CH4/c1-17-5-7-21(8-6-17)39(36,37)35-12-10-23-22(9-11-29-28(23)35)27-30-24(26-19(3)32-33-20(26)4)15-25(31-27)34-13-14-38-16-18(34)2;1-15-3-5-17(6-4-15)33(30,31)29-10-8-19-18(7-9-25-23(19)29)22-26-20(24)13-21(27-22)28-11-12-32-14-16(28)2;1-7-9(8(2)14-13-7)12-15-10(3,4)11(5,6)16-12;;/h5-12,15,18H,13-14,16H2,1-4H3,(H,32,33);3-10,13,16H,11-12,14H2,1-2H3;1-6H3,(H,13,14);2*1H4/t18-;16-;;;/m11.../s1. The molecule has 0 saturated carbocycles. The number of hydrogen-bond acceptors (Lipinski definition) is 18. The van der Waals surface area contributed by atoms with Gasteiger partial charge in [0.15, 0.2) is 22.9 Å². The van der Waals surface area contributed by atoms with Crippen molar-refractivity contribution in [2.75, 3.05) is 49.3 Å². The molecule has 0 amide bonds. The summed E-state index contributed by atoms with van der Waals surface area (Å²) in [4.78, 5) is 32.7. The molecule has 0 spiro atoms. The predicted molar refractivity (Wildman–Crippen MR) is 354 cm³/mol. The number of halogens is 1. The third kappa shape index (κ3) is 12.9. The van der Waals surface area contributed by atoms with Gasteiger partial charge in [-0.3, -0.25) is 10.2 Å². The normalized spacial score (nSPS) is 17.3. The van der Waals surface area contributed by atoms with Gasteiger partial charge in [0.1, 0.15) is 16.8 Å². The van der Waals surface area contributed by atoms with E-state index in [9.17, 15) is 16.8 Å². The van der Waals surface area contributed by atoms with E-state index < -0.39 is 20.0 Å². The highest BCUT2D eigenvalue weighted by atomic mass is 35.5. The number of rotatable bonds is 10. The van der Waals surface area contributed by atoms with E-state index >= 15 is 0 Å². The van der Waals surface area contributed by atoms with Crippen LogP contribution >= 0.6 is 11.6 Å². The summed E-state index contributed by atoms with van der Waals surface area (Å²) in [5.41, 5.74) is 9.74. The molecule has 474 valence electrons. The first-order chi connectivity index (χ1) is 41.8. The summed E-state index contributed by atoms with van der Waals surface area (Å²) in [5, 5.41) is 16.1. The molecular formula is C64H78BClN14O8S2. The molecule has 90 heavy (non-hydrogen) atoms. The topological polar surface area (TPSA) is 256 Å². The van der Waals surface area contributed by atoms with Gasteiger partial charge in [-0.25, -0.2) is 54.7 Å². The summed E-state index contributed by atoms with van der Waals surface area (Å²) in [6, 6.07) is 24.6. The van der Waals surface area contributed by atoms with Gasteiger partial charge < -0.3 is 28.6 Å². The monoisotopic (exact) mass is 1280 g/mol. The van der Waals surface area contributed by atoms with Gasteiger partial charge in [-0.05, 0) is 132 Å². The van der Waals surface area contributed by atoms with Crippen molar-refractivity contribution in [1.82, 2.24) is 58.2 Å². The number of aryl methyl sites for hydroxylation is 6. The second-order valence-electron chi connectivity index (χ2n) is 23.3. The Morgan fingerprint density at radius 3 is 1.46 bits per heavy atom. The Bertz CT molecular complexity index is 4400. The largest absolute Gasteiger partial charge is 0.498 e. The van der Waals surface area contributed by atoms with Crippen molar-refractivity contribution in [1.29, 1.82) is 0 Å². The lowest BCUT2D eigenvalue weighted by Gasteiger charge is -2.34. The van der Waals surface area contributed by atoms with Crippen LogP contribution in [0.5, 0.6) is 0 Å². The molecule has 10 aromatic rings. The highest BCUT2D eigenvalue weighted by Crippen LogP contribution is 2.38. The average molecular weight is 1280 g/mol. The zero-order chi connectivity index (χ0) is 62.6. The Hall–Kier alpha value is -7.91. The third-order valence-corrected chi connectivity index (χ3v) is 20.1. The van der Waals surface area contributed by atoms with Crippen LogP contribution in [0.3, 0.4) is 0 Å². The number of pyridine rings is 2. The van der Waals surface area contributed by atoms with Crippen molar-refractivity contribution in [2.45, 2.75) is 131 Å². The molecule has 3 aliphatic heterocycles. The van der Waals surface area contributed by atoms with Gasteiger partial charge in [0, 0.05) is 94.3 Å². The Labute approximate surface area is 532 Å². The van der Waals surface area contributed by atoms with Gasteiger partial charge in [0.25, 0.3) is 20.0 Å². The van der Waals surface area contributed by atoms with E-state index in [1.807, 2.05) is 53.7 Å². The van der Waals surface area contributed by atoms with Crippen molar-refractivity contribution < 1.29 is 35.6 Å². The number of aromatic amines is 2. The number of nitrogens with one attached hydrogen (secondary N) is 2. The number of aromatic nitrogens is 12. The second kappa shape index (κ2) is 26.1. The van der Waals surface area contributed by atoms with E-state index in [4.69, 9.17) is 45.3 Å². The van der Waals surface area contributed by atoms with Gasteiger partial charge in [-0.15, -0.1) is 0 Å². The van der Waals surface area contributed by atoms with Gasteiger partial charge in [-0.2, -0.15) is 10.2 Å². The number of H-pyrrole nitrogens is 2. The molecule has 3 aliphatic rings. The SMILES string of the molecule is C.C.Cc1ccc(S(=O)(=O)n2ccc3c(-c4nc(-c5c(C)n[nH]c5C)cc(N5CCOC[C@H]5C)n4)ccnc32)cc1.Cc1ccc(S(=O)(=O)n2ccc3c(-c4nc(Cl)cc(N5CCOC[C@H]5C)n4)ccnc32)cc1.Cc1n[nH]c(C)c1B1OC(C)(C)C(C)(C)O1. The molecule has 0 unspecified atom stereocenters. The molecule has 2 atom stereocenters. The zero-order valence-electron chi connectivity index (χ0n) is 51.2. The van der Waals surface area contributed by atoms with Crippen LogP contribution in [0, 0.1) is 41.5 Å². The Balaban J connectivity index is 0.000000171. The van der Waals surface area contributed by atoms with Crippen LogP contribution in [0.25, 0.3) is 56.1 Å². The van der Waals surface area contributed by atoms with Crippen molar-refractivity contribution in [2.24, 2.45) is 0 Å². The number of ether oxygens (including phenoxy) is 2. The first kappa shape index (κ1) is 66.5. The molecule has 0 bridgehead atoms. The Kier molecular flexibility index (Phi) is 19.3. The van der Waals surface area contributed by atoms with Crippen LogP contribution in [0.1, 0.15) is 90.3 Å². The third-order valence-electron chi connectivity index (χ3n) is 16.5. The predicted octanol–water partition coefficient (Wildman–Crippen LogP) is 10.8. The smallest absolute Gasteiger partial charge is 0.399 e. The Morgan fingerprint density at radius 2 is 1.02 bits per heavy atom.